The quantitative estimate of drug-likeness (QED) is 0.805. The van der Waals surface area contributed by atoms with Gasteiger partial charge in [-0.3, -0.25) is 9.59 Å². The monoisotopic (exact) mass is 345 g/mol. The smallest absolute Gasteiger partial charge is 0.308 e. The van der Waals surface area contributed by atoms with E-state index in [1.54, 1.807) is 14.0 Å². The van der Waals surface area contributed by atoms with Crippen LogP contribution in [0.3, 0.4) is 0 Å². The van der Waals surface area contributed by atoms with Crippen LogP contribution in [0.5, 0.6) is 0 Å². The van der Waals surface area contributed by atoms with Crippen LogP contribution in [-0.2, 0) is 9.59 Å². The van der Waals surface area contributed by atoms with Crippen molar-refractivity contribution in [2.75, 3.05) is 19.3 Å². The Labute approximate surface area is 125 Å². The van der Waals surface area contributed by atoms with Gasteiger partial charge in [0, 0.05) is 23.0 Å². The molecular formula is C13H16BrNO3S. The molecule has 1 unspecified atom stereocenters. The van der Waals surface area contributed by atoms with Gasteiger partial charge in [0.25, 0.3) is 0 Å². The highest BCUT2D eigenvalue weighted by atomic mass is 79.9. The number of benzene rings is 1. The molecule has 0 aliphatic rings. The van der Waals surface area contributed by atoms with Crippen LogP contribution < -0.4 is 0 Å². The Morgan fingerprint density at radius 1 is 1.47 bits per heavy atom. The summed E-state index contributed by atoms with van der Waals surface area (Å²) in [5, 5.41) is 8.80. The summed E-state index contributed by atoms with van der Waals surface area (Å²) in [6, 6.07) is 7.71. The Hall–Kier alpha value is -1.01. The number of carboxylic acid groups (broad SMARTS) is 1. The van der Waals surface area contributed by atoms with Gasteiger partial charge in [-0.05, 0) is 18.2 Å². The summed E-state index contributed by atoms with van der Waals surface area (Å²) in [5.74, 6) is -1.21. The summed E-state index contributed by atoms with van der Waals surface area (Å²) < 4.78 is 0.970. The second-order valence-electron chi connectivity index (χ2n) is 4.26. The van der Waals surface area contributed by atoms with Crippen LogP contribution in [-0.4, -0.2) is 41.2 Å². The lowest BCUT2D eigenvalue weighted by Gasteiger charge is -2.19. The van der Waals surface area contributed by atoms with E-state index < -0.39 is 11.9 Å². The SMILES string of the molecule is CC(CN(C)C(=O)CSc1cccc(Br)c1)C(=O)O. The van der Waals surface area contributed by atoms with E-state index in [4.69, 9.17) is 5.11 Å². The van der Waals surface area contributed by atoms with E-state index in [9.17, 15) is 9.59 Å². The molecule has 0 aromatic heterocycles. The summed E-state index contributed by atoms with van der Waals surface area (Å²) in [6.45, 7) is 1.82. The highest BCUT2D eigenvalue weighted by Crippen LogP contribution is 2.22. The zero-order valence-corrected chi connectivity index (χ0v) is 13.2. The lowest BCUT2D eigenvalue weighted by Crippen LogP contribution is -2.34. The van der Waals surface area contributed by atoms with Crippen LogP contribution in [0.2, 0.25) is 0 Å². The summed E-state index contributed by atoms with van der Waals surface area (Å²) in [7, 11) is 1.63. The molecule has 0 fully saturated rings. The van der Waals surface area contributed by atoms with Gasteiger partial charge in [0.1, 0.15) is 0 Å². The van der Waals surface area contributed by atoms with Gasteiger partial charge in [-0.15, -0.1) is 11.8 Å². The molecule has 0 bridgehead atoms. The van der Waals surface area contributed by atoms with E-state index >= 15 is 0 Å². The third-order valence-corrected chi connectivity index (χ3v) is 4.03. The van der Waals surface area contributed by atoms with Gasteiger partial charge in [-0.2, -0.15) is 0 Å². The number of aliphatic carboxylic acids is 1. The van der Waals surface area contributed by atoms with E-state index in [1.807, 2.05) is 24.3 Å². The van der Waals surface area contributed by atoms with Crippen LogP contribution in [0.4, 0.5) is 0 Å². The van der Waals surface area contributed by atoms with E-state index in [-0.39, 0.29) is 12.5 Å². The normalized spacial score (nSPS) is 11.9. The summed E-state index contributed by atoms with van der Waals surface area (Å²) in [5.41, 5.74) is 0. The van der Waals surface area contributed by atoms with Crippen molar-refractivity contribution >= 4 is 39.6 Å². The minimum absolute atomic E-state index is 0.0712. The largest absolute Gasteiger partial charge is 0.481 e. The maximum absolute atomic E-state index is 11.9. The predicted molar refractivity (Wildman–Crippen MR) is 79.3 cm³/mol. The van der Waals surface area contributed by atoms with Crippen molar-refractivity contribution < 1.29 is 14.7 Å². The topological polar surface area (TPSA) is 57.6 Å². The number of hydrogen-bond acceptors (Lipinski definition) is 3. The van der Waals surface area contributed by atoms with Crippen molar-refractivity contribution in [2.24, 2.45) is 5.92 Å². The number of thioether (sulfide) groups is 1. The van der Waals surface area contributed by atoms with Crippen molar-refractivity contribution in [3.8, 4) is 0 Å². The number of carbonyl (C=O) groups is 2. The third-order valence-electron chi connectivity index (χ3n) is 2.55. The van der Waals surface area contributed by atoms with Gasteiger partial charge < -0.3 is 10.0 Å². The molecule has 1 N–H and O–H groups in total. The lowest BCUT2D eigenvalue weighted by atomic mass is 10.2. The Morgan fingerprint density at radius 3 is 2.74 bits per heavy atom. The fourth-order valence-electron chi connectivity index (χ4n) is 1.40. The first kappa shape index (κ1) is 16.0. The minimum atomic E-state index is -0.890. The first-order chi connectivity index (χ1) is 8.90. The Morgan fingerprint density at radius 2 is 2.16 bits per heavy atom. The molecule has 1 rings (SSSR count). The van der Waals surface area contributed by atoms with Crippen LogP contribution in [0.15, 0.2) is 33.6 Å². The molecule has 0 aliphatic carbocycles. The van der Waals surface area contributed by atoms with Gasteiger partial charge in [0.05, 0.1) is 11.7 Å². The molecular weight excluding hydrogens is 330 g/mol. The highest BCUT2D eigenvalue weighted by molar-refractivity contribution is 9.10. The summed E-state index contributed by atoms with van der Waals surface area (Å²) >= 11 is 4.81. The van der Waals surface area contributed by atoms with Gasteiger partial charge in [0.2, 0.25) is 5.91 Å². The third kappa shape index (κ3) is 5.65. The first-order valence-electron chi connectivity index (χ1n) is 5.75. The van der Waals surface area contributed by atoms with Gasteiger partial charge >= 0.3 is 5.97 Å². The maximum atomic E-state index is 11.9. The number of amides is 1. The van der Waals surface area contributed by atoms with Crippen molar-refractivity contribution in [3.63, 3.8) is 0 Å². The number of halogens is 1. The maximum Gasteiger partial charge on any atom is 0.308 e. The van der Waals surface area contributed by atoms with Crippen molar-refractivity contribution in [2.45, 2.75) is 11.8 Å². The summed E-state index contributed by atoms with van der Waals surface area (Å²) in [6.07, 6.45) is 0. The fourth-order valence-corrected chi connectivity index (χ4v) is 2.85. The number of hydrogen-bond donors (Lipinski definition) is 1. The Bertz CT molecular complexity index is 467. The van der Waals surface area contributed by atoms with E-state index in [0.29, 0.717) is 5.75 Å². The molecule has 1 atom stereocenters. The van der Waals surface area contributed by atoms with Crippen molar-refractivity contribution in [1.29, 1.82) is 0 Å². The van der Waals surface area contributed by atoms with Crippen LogP contribution in [0.1, 0.15) is 6.92 Å². The van der Waals surface area contributed by atoms with Crippen LogP contribution >= 0.6 is 27.7 Å². The predicted octanol–water partition coefficient (Wildman–Crippen LogP) is 2.72. The molecule has 0 saturated heterocycles. The van der Waals surface area contributed by atoms with Crippen molar-refractivity contribution in [1.82, 2.24) is 4.90 Å². The second kappa shape index (κ2) is 7.55. The molecule has 0 saturated carbocycles. The highest BCUT2D eigenvalue weighted by Gasteiger charge is 2.17. The van der Waals surface area contributed by atoms with Crippen LogP contribution in [0.25, 0.3) is 0 Å². The van der Waals surface area contributed by atoms with E-state index in [2.05, 4.69) is 15.9 Å². The molecule has 0 heterocycles. The zero-order chi connectivity index (χ0) is 14.4. The molecule has 104 valence electrons. The Kier molecular flexibility index (Phi) is 6.37. The minimum Gasteiger partial charge on any atom is -0.481 e. The molecule has 1 aromatic rings. The number of carbonyl (C=O) groups excluding carboxylic acids is 1. The second-order valence-corrected chi connectivity index (χ2v) is 6.22. The van der Waals surface area contributed by atoms with Gasteiger partial charge in [-0.25, -0.2) is 0 Å². The first-order valence-corrected chi connectivity index (χ1v) is 7.53. The molecule has 6 heteroatoms. The summed E-state index contributed by atoms with van der Waals surface area (Å²) in [4.78, 5) is 25.0. The molecule has 4 nitrogen and oxygen atoms in total. The average Bonchev–Trinajstić information content (AvgIpc) is 2.35. The van der Waals surface area contributed by atoms with Gasteiger partial charge in [-0.1, -0.05) is 28.9 Å². The van der Waals surface area contributed by atoms with E-state index in [0.717, 1.165) is 9.37 Å². The molecule has 0 spiro atoms. The number of rotatable bonds is 6. The standard InChI is InChI=1S/C13H16BrNO3S/c1-9(13(17)18)7-15(2)12(16)8-19-11-5-3-4-10(14)6-11/h3-6,9H,7-8H2,1-2H3,(H,17,18). The number of carboxylic acids is 1. The molecule has 1 aromatic carbocycles. The lowest BCUT2D eigenvalue weighted by molar-refractivity contribution is -0.142. The fraction of sp³-hybridized carbons (Fsp3) is 0.385. The van der Waals surface area contributed by atoms with Crippen molar-refractivity contribution in [3.05, 3.63) is 28.7 Å². The average molecular weight is 346 g/mol. The van der Waals surface area contributed by atoms with Crippen LogP contribution in [0, 0.1) is 5.92 Å². The zero-order valence-electron chi connectivity index (χ0n) is 10.8. The molecule has 0 radical (unpaired) electrons. The molecule has 1 amide bonds. The Balaban J connectivity index is 2.44. The van der Waals surface area contributed by atoms with E-state index in [1.165, 1.54) is 16.7 Å². The van der Waals surface area contributed by atoms with Gasteiger partial charge in [0.15, 0.2) is 0 Å². The molecule has 0 aliphatic heterocycles. The number of nitrogens with zero attached hydrogens (tertiary/aromatic N) is 1. The molecule has 19 heavy (non-hydrogen) atoms.